The van der Waals surface area contributed by atoms with Gasteiger partial charge in [0.25, 0.3) is 0 Å². The van der Waals surface area contributed by atoms with Crippen molar-refractivity contribution in [2.75, 3.05) is 12.9 Å². The first-order valence-electron chi connectivity index (χ1n) is 7.61. The second-order valence-corrected chi connectivity index (χ2v) is 7.94. The van der Waals surface area contributed by atoms with Crippen molar-refractivity contribution in [3.8, 4) is 0 Å². The van der Waals surface area contributed by atoms with E-state index < -0.39 is 9.84 Å². The summed E-state index contributed by atoms with van der Waals surface area (Å²) in [5, 5.41) is 9.55. The van der Waals surface area contributed by atoms with E-state index in [0.717, 1.165) is 23.5 Å². The maximum atomic E-state index is 11.5. The third kappa shape index (κ3) is 4.68. The molecule has 0 spiro atoms. The molecular weight excluding hydrogens is 284 g/mol. The molecule has 0 saturated heterocycles. The zero-order valence-electron chi connectivity index (χ0n) is 12.6. The Bertz CT molecular complexity index is 579. The van der Waals surface area contributed by atoms with Gasteiger partial charge in [0.15, 0.2) is 9.84 Å². The van der Waals surface area contributed by atoms with E-state index >= 15 is 0 Å². The zero-order chi connectivity index (χ0) is 15.3. The molecule has 1 aromatic rings. The van der Waals surface area contributed by atoms with Gasteiger partial charge in [-0.3, -0.25) is 0 Å². The summed E-state index contributed by atoms with van der Waals surface area (Å²) >= 11 is 0. The number of aliphatic hydroxyl groups excluding tert-OH is 1. The van der Waals surface area contributed by atoms with E-state index in [9.17, 15) is 13.5 Å². The van der Waals surface area contributed by atoms with E-state index in [1.54, 1.807) is 24.3 Å². The minimum absolute atomic E-state index is 0.00899. The van der Waals surface area contributed by atoms with Crippen LogP contribution in [0.3, 0.4) is 0 Å². The van der Waals surface area contributed by atoms with Crippen LogP contribution in [-0.4, -0.2) is 26.4 Å². The van der Waals surface area contributed by atoms with E-state index in [1.165, 1.54) is 38.4 Å². The molecule has 2 rings (SSSR count). The highest BCUT2D eigenvalue weighted by Gasteiger charge is 2.13. The lowest BCUT2D eigenvalue weighted by molar-refractivity contribution is 0.346. The number of allylic oxidation sites excluding steroid dienone is 1. The molecule has 3 nitrogen and oxygen atoms in total. The lowest BCUT2D eigenvalue weighted by atomic mass is 9.86. The van der Waals surface area contributed by atoms with Gasteiger partial charge in [0.1, 0.15) is 0 Å². The normalized spacial score (nSPS) is 17.9. The molecule has 4 heteroatoms. The van der Waals surface area contributed by atoms with E-state index in [4.69, 9.17) is 0 Å². The lowest BCUT2D eigenvalue weighted by Gasteiger charge is -2.20. The molecule has 0 heterocycles. The van der Waals surface area contributed by atoms with Crippen molar-refractivity contribution in [2.45, 2.75) is 43.4 Å². The van der Waals surface area contributed by atoms with Crippen LogP contribution in [0.25, 0.3) is 5.57 Å². The smallest absolute Gasteiger partial charge is 0.175 e. The summed E-state index contributed by atoms with van der Waals surface area (Å²) in [5.41, 5.74) is 1.79. The number of sulfone groups is 1. The fraction of sp³-hybridized carbons (Fsp3) is 0.529. The van der Waals surface area contributed by atoms with E-state index in [2.05, 4.69) is 6.08 Å². The summed E-state index contributed by atoms with van der Waals surface area (Å²) < 4.78 is 22.9. The molecule has 21 heavy (non-hydrogen) atoms. The van der Waals surface area contributed by atoms with Gasteiger partial charge in [0.2, 0.25) is 0 Å². The van der Waals surface area contributed by atoms with Crippen LogP contribution in [0.15, 0.2) is 35.2 Å². The Labute approximate surface area is 127 Å². The Balaban J connectivity index is 2.09. The zero-order valence-corrected chi connectivity index (χ0v) is 13.4. The molecule has 0 aromatic heterocycles. The van der Waals surface area contributed by atoms with Gasteiger partial charge in [-0.1, -0.05) is 50.3 Å². The number of aliphatic hydroxyl groups is 1. The predicted molar refractivity (Wildman–Crippen MR) is 85.8 cm³/mol. The van der Waals surface area contributed by atoms with Crippen molar-refractivity contribution in [1.29, 1.82) is 0 Å². The molecule has 1 N–H and O–H groups in total. The molecule has 0 aliphatic heterocycles. The highest BCUT2D eigenvalue weighted by Crippen LogP contribution is 2.28. The fourth-order valence-electron chi connectivity index (χ4n) is 2.92. The monoisotopic (exact) mass is 308 g/mol. The molecule has 116 valence electrons. The Kier molecular flexibility index (Phi) is 5.59. The lowest BCUT2D eigenvalue weighted by Crippen LogP contribution is -2.05. The highest BCUT2D eigenvalue weighted by atomic mass is 32.2. The van der Waals surface area contributed by atoms with Crippen LogP contribution in [-0.2, 0) is 9.84 Å². The van der Waals surface area contributed by atoms with Gasteiger partial charge in [0.05, 0.1) is 11.5 Å². The van der Waals surface area contributed by atoms with Gasteiger partial charge in [-0.15, -0.1) is 0 Å². The van der Waals surface area contributed by atoms with Gasteiger partial charge in [-0.05, 0) is 35.6 Å². The van der Waals surface area contributed by atoms with Gasteiger partial charge in [0, 0.05) is 6.26 Å². The molecule has 0 unspecified atom stereocenters. The summed E-state index contributed by atoms with van der Waals surface area (Å²) in [6.45, 7) is -0.00899. The third-order valence-corrected chi connectivity index (χ3v) is 5.37. The Morgan fingerprint density at radius 3 is 2.33 bits per heavy atom. The number of hydrogen-bond donors (Lipinski definition) is 1. The molecular formula is C17H24O3S. The quantitative estimate of drug-likeness (QED) is 0.906. The molecule has 1 saturated carbocycles. The van der Waals surface area contributed by atoms with Crippen LogP contribution in [0.5, 0.6) is 0 Å². The van der Waals surface area contributed by atoms with Gasteiger partial charge < -0.3 is 5.11 Å². The highest BCUT2D eigenvalue weighted by molar-refractivity contribution is 7.90. The second-order valence-electron chi connectivity index (χ2n) is 5.92. The van der Waals surface area contributed by atoms with E-state index in [1.807, 2.05) is 0 Å². The van der Waals surface area contributed by atoms with Crippen molar-refractivity contribution in [1.82, 2.24) is 0 Å². The number of hydrogen-bond acceptors (Lipinski definition) is 3. The van der Waals surface area contributed by atoms with Crippen LogP contribution in [0.1, 0.15) is 44.1 Å². The van der Waals surface area contributed by atoms with E-state index in [-0.39, 0.29) is 6.61 Å². The Morgan fingerprint density at radius 2 is 1.81 bits per heavy atom. The number of rotatable bonds is 5. The first-order chi connectivity index (χ1) is 10.0. The van der Waals surface area contributed by atoms with Crippen molar-refractivity contribution in [2.24, 2.45) is 5.92 Å². The summed E-state index contributed by atoms with van der Waals surface area (Å²) in [5.74, 6) is 0.732. The first-order valence-corrected chi connectivity index (χ1v) is 9.50. The minimum atomic E-state index is -3.16. The van der Waals surface area contributed by atoms with Crippen LogP contribution in [0.2, 0.25) is 0 Å². The van der Waals surface area contributed by atoms with Crippen LogP contribution in [0, 0.1) is 5.92 Å². The van der Waals surface area contributed by atoms with Crippen LogP contribution >= 0.6 is 0 Å². The maximum Gasteiger partial charge on any atom is 0.175 e. The SMILES string of the molecule is CS(=O)(=O)c1ccc(C(=CCC2CCCCC2)CO)cc1. The minimum Gasteiger partial charge on any atom is -0.392 e. The summed E-state index contributed by atoms with van der Waals surface area (Å²) in [6, 6.07) is 6.77. The van der Waals surface area contributed by atoms with Gasteiger partial charge >= 0.3 is 0 Å². The predicted octanol–water partition coefficient (Wildman–Crippen LogP) is 3.44. The average Bonchev–Trinajstić information content (AvgIpc) is 2.48. The third-order valence-electron chi connectivity index (χ3n) is 4.25. The second kappa shape index (κ2) is 7.23. The number of benzene rings is 1. The molecule has 0 radical (unpaired) electrons. The molecule has 0 bridgehead atoms. The van der Waals surface area contributed by atoms with Gasteiger partial charge in [-0.2, -0.15) is 0 Å². The molecule has 1 aliphatic carbocycles. The molecule has 1 aliphatic rings. The van der Waals surface area contributed by atoms with Gasteiger partial charge in [-0.25, -0.2) is 8.42 Å². The largest absolute Gasteiger partial charge is 0.392 e. The maximum absolute atomic E-state index is 11.5. The van der Waals surface area contributed by atoms with Crippen LogP contribution in [0.4, 0.5) is 0 Å². The Morgan fingerprint density at radius 1 is 1.19 bits per heavy atom. The van der Waals surface area contributed by atoms with Crippen molar-refractivity contribution in [3.63, 3.8) is 0 Å². The van der Waals surface area contributed by atoms with Crippen molar-refractivity contribution >= 4 is 15.4 Å². The molecule has 0 amide bonds. The Hall–Kier alpha value is -1.13. The molecule has 1 fully saturated rings. The average molecular weight is 308 g/mol. The summed E-state index contributed by atoms with van der Waals surface area (Å²) in [6.07, 6.45) is 10.9. The fourth-order valence-corrected chi connectivity index (χ4v) is 3.55. The van der Waals surface area contributed by atoms with E-state index in [0.29, 0.717) is 4.90 Å². The summed E-state index contributed by atoms with van der Waals surface area (Å²) in [4.78, 5) is 0.316. The first kappa shape index (κ1) is 16.2. The topological polar surface area (TPSA) is 54.4 Å². The standard InChI is InChI=1S/C17H24O3S/c1-21(19,20)17-11-9-15(10-12-17)16(13-18)8-7-14-5-3-2-4-6-14/h8-12,14,18H,2-7,13H2,1H3. The molecule has 1 aromatic carbocycles. The van der Waals surface area contributed by atoms with Crippen molar-refractivity contribution in [3.05, 3.63) is 35.9 Å². The molecule has 0 atom stereocenters. The summed E-state index contributed by atoms with van der Waals surface area (Å²) in [7, 11) is -3.16. The van der Waals surface area contributed by atoms with Crippen LogP contribution < -0.4 is 0 Å². The van der Waals surface area contributed by atoms with Crippen molar-refractivity contribution < 1.29 is 13.5 Å².